The zero-order valence-electron chi connectivity index (χ0n) is 11.1. The van der Waals surface area contributed by atoms with E-state index < -0.39 is 18.8 Å². The van der Waals surface area contributed by atoms with Crippen LogP contribution in [0.1, 0.15) is 30.7 Å². The average Bonchev–Trinajstić information content (AvgIpc) is 2.28. The fraction of sp³-hybridized carbons (Fsp3) is 0.467. The Morgan fingerprint density at radius 2 is 1.82 bits per heavy atom. The van der Waals surface area contributed by atoms with Gasteiger partial charge in [0.1, 0.15) is 0 Å². The summed E-state index contributed by atoms with van der Waals surface area (Å²) in [7, 11) is 0. The Balaban J connectivity index is 2.13. The number of hydrogen-bond donors (Lipinski definition) is 0. The number of hydrogen-bond acceptors (Lipinski definition) is 1. The van der Waals surface area contributed by atoms with Crippen molar-refractivity contribution in [3.63, 3.8) is 0 Å². The Hall–Kier alpha value is -0.441. The van der Waals surface area contributed by atoms with Crippen molar-refractivity contribution in [2.24, 2.45) is 0 Å². The molecule has 0 amide bonds. The quantitative estimate of drug-likeness (QED) is 0.727. The Morgan fingerprint density at radius 3 is 2.47 bits per heavy atom. The van der Waals surface area contributed by atoms with Crippen LogP contribution in [0.5, 0.6) is 0 Å². The van der Waals surface area contributed by atoms with Gasteiger partial charge in [-0.1, -0.05) is 0 Å². The first kappa shape index (κ1) is 13.0. The van der Waals surface area contributed by atoms with Gasteiger partial charge in [-0.15, -0.1) is 0 Å². The van der Waals surface area contributed by atoms with Crippen molar-refractivity contribution in [3.05, 3.63) is 47.7 Å². The first-order valence-electron chi connectivity index (χ1n) is 6.49. The van der Waals surface area contributed by atoms with Gasteiger partial charge in [0.05, 0.1) is 0 Å². The molecule has 0 spiro atoms. The molecule has 0 N–H and O–H groups in total. The van der Waals surface area contributed by atoms with Crippen LogP contribution >= 0.6 is 0 Å². The standard InChI is InChI=1S/C12H14O.3CH3.Sn/c13-12-8-4-7-11(9-12)10-5-2-1-3-6-10;;;;/h1-3,5-6,9,11,13H,4,7-8H2;3*1H3;/q;;;;+1/p-1/t11-;;;;/m1..../s1. The third kappa shape index (κ3) is 4.06. The number of rotatable bonds is 3. The van der Waals surface area contributed by atoms with Crippen LogP contribution in [-0.4, -0.2) is 18.8 Å². The normalized spacial score (nSPS) is 20.9. The third-order valence-electron chi connectivity index (χ3n) is 2.99. The molecule has 1 aliphatic rings. The molecule has 17 heavy (non-hydrogen) atoms. The fourth-order valence-corrected chi connectivity index (χ4v) is 5.06. The molecule has 0 heterocycles. The Bertz CT molecular complexity index is 389. The molecule has 0 fully saturated rings. The molecule has 0 radical (unpaired) electrons. The summed E-state index contributed by atoms with van der Waals surface area (Å²) in [5.74, 6) is 1.82. The topological polar surface area (TPSA) is 9.23 Å². The molecule has 0 saturated carbocycles. The molecule has 0 saturated heterocycles. The van der Waals surface area contributed by atoms with Gasteiger partial charge in [0, 0.05) is 0 Å². The van der Waals surface area contributed by atoms with Gasteiger partial charge in [-0.3, -0.25) is 0 Å². The van der Waals surface area contributed by atoms with Crippen molar-refractivity contribution >= 4 is 18.8 Å². The molecule has 1 aromatic carbocycles. The van der Waals surface area contributed by atoms with E-state index in [9.17, 15) is 0 Å². The first-order chi connectivity index (χ1) is 8.04. The van der Waals surface area contributed by atoms with E-state index in [0.717, 1.165) is 6.42 Å². The Morgan fingerprint density at radius 1 is 1.12 bits per heavy atom. The van der Waals surface area contributed by atoms with E-state index in [1.165, 1.54) is 24.2 Å². The molecule has 0 unspecified atom stereocenters. The van der Waals surface area contributed by atoms with Gasteiger partial charge in [0.25, 0.3) is 0 Å². The second kappa shape index (κ2) is 5.47. The van der Waals surface area contributed by atoms with E-state index in [-0.39, 0.29) is 0 Å². The molecular weight excluding hydrogens is 315 g/mol. The molecule has 2 rings (SSSR count). The van der Waals surface area contributed by atoms with Crippen molar-refractivity contribution in [3.8, 4) is 0 Å². The predicted octanol–water partition coefficient (Wildman–Crippen LogP) is 4.69. The van der Waals surface area contributed by atoms with E-state index in [4.69, 9.17) is 3.07 Å². The summed E-state index contributed by atoms with van der Waals surface area (Å²) in [5, 5.41) is 0. The van der Waals surface area contributed by atoms with Crippen LogP contribution in [0.25, 0.3) is 0 Å². The van der Waals surface area contributed by atoms with Crippen LogP contribution in [0, 0.1) is 0 Å². The Kier molecular flexibility index (Phi) is 4.18. The zero-order valence-corrected chi connectivity index (χ0v) is 13.9. The van der Waals surface area contributed by atoms with E-state index >= 15 is 0 Å². The van der Waals surface area contributed by atoms with Crippen LogP contribution in [0.3, 0.4) is 0 Å². The monoisotopic (exact) mass is 338 g/mol. The second-order valence-corrected chi connectivity index (χ2v) is 18.4. The van der Waals surface area contributed by atoms with Crippen LogP contribution in [0.15, 0.2) is 42.2 Å². The predicted molar refractivity (Wildman–Crippen MR) is 75.5 cm³/mol. The maximum atomic E-state index is 6.20. The van der Waals surface area contributed by atoms with Gasteiger partial charge >= 0.3 is 110 Å². The van der Waals surface area contributed by atoms with E-state index in [2.05, 4.69) is 51.2 Å². The van der Waals surface area contributed by atoms with Crippen LogP contribution in [0.2, 0.25) is 14.8 Å². The van der Waals surface area contributed by atoms with Gasteiger partial charge in [0.2, 0.25) is 0 Å². The summed E-state index contributed by atoms with van der Waals surface area (Å²) in [6.45, 7) is 0. The summed E-state index contributed by atoms with van der Waals surface area (Å²) in [4.78, 5) is 6.96. The van der Waals surface area contributed by atoms with Crippen LogP contribution in [-0.2, 0) is 3.07 Å². The summed E-state index contributed by atoms with van der Waals surface area (Å²) >= 11 is -2.14. The molecule has 92 valence electrons. The van der Waals surface area contributed by atoms with Crippen molar-refractivity contribution in [2.45, 2.75) is 40.0 Å². The van der Waals surface area contributed by atoms with Gasteiger partial charge in [-0.05, 0) is 0 Å². The second-order valence-electron chi connectivity index (χ2n) is 5.76. The van der Waals surface area contributed by atoms with Gasteiger partial charge < -0.3 is 0 Å². The van der Waals surface area contributed by atoms with Gasteiger partial charge in [0.15, 0.2) is 0 Å². The zero-order chi connectivity index (χ0) is 12.3. The first-order valence-corrected chi connectivity index (χ1v) is 16.2. The van der Waals surface area contributed by atoms with Crippen molar-refractivity contribution in [1.82, 2.24) is 0 Å². The molecule has 0 bridgehead atoms. The molecular formula is C15H22OSn. The summed E-state index contributed by atoms with van der Waals surface area (Å²) in [5.41, 5.74) is 1.43. The average molecular weight is 337 g/mol. The van der Waals surface area contributed by atoms with Crippen molar-refractivity contribution in [1.29, 1.82) is 0 Å². The number of benzene rings is 1. The van der Waals surface area contributed by atoms with Crippen molar-refractivity contribution in [2.75, 3.05) is 0 Å². The molecule has 1 aliphatic carbocycles. The molecule has 1 nitrogen and oxygen atoms in total. The van der Waals surface area contributed by atoms with Crippen LogP contribution < -0.4 is 0 Å². The van der Waals surface area contributed by atoms with Gasteiger partial charge in [-0.2, -0.15) is 0 Å². The van der Waals surface area contributed by atoms with Crippen LogP contribution in [0.4, 0.5) is 0 Å². The summed E-state index contributed by atoms with van der Waals surface area (Å²) < 4.78 is 6.20. The fourth-order valence-electron chi connectivity index (χ4n) is 2.33. The van der Waals surface area contributed by atoms with E-state index in [1.807, 2.05) is 0 Å². The summed E-state index contributed by atoms with van der Waals surface area (Å²) in [6.07, 6.45) is 6.02. The summed E-state index contributed by atoms with van der Waals surface area (Å²) in [6, 6.07) is 10.8. The SMILES string of the molecule is [CH3][Sn]([CH3])([CH3])[O]C1=C[C@H](c2ccccc2)CCC1. The Labute approximate surface area is 109 Å². The van der Waals surface area contributed by atoms with Crippen molar-refractivity contribution < 1.29 is 3.07 Å². The molecule has 2 heteroatoms. The minimum atomic E-state index is -2.14. The van der Waals surface area contributed by atoms with E-state index in [1.54, 1.807) is 0 Å². The molecule has 0 aromatic heterocycles. The molecule has 1 aromatic rings. The molecule has 0 aliphatic heterocycles. The van der Waals surface area contributed by atoms with Gasteiger partial charge in [-0.25, -0.2) is 0 Å². The maximum absolute atomic E-state index is 6.20. The minimum absolute atomic E-state index is 0.564. The van der Waals surface area contributed by atoms with E-state index in [0.29, 0.717) is 5.92 Å². The third-order valence-corrected chi connectivity index (χ3v) is 5.49. The molecule has 1 atom stereocenters. The number of allylic oxidation sites excluding steroid dienone is 2.